The van der Waals surface area contributed by atoms with Crippen molar-refractivity contribution in [3.8, 4) is 11.8 Å². The van der Waals surface area contributed by atoms with Crippen molar-refractivity contribution in [2.24, 2.45) is 7.05 Å². The molecule has 0 aliphatic heterocycles. The van der Waals surface area contributed by atoms with Crippen LogP contribution in [0, 0.1) is 18.8 Å². The lowest BCUT2D eigenvalue weighted by molar-refractivity contribution is 0.102. The summed E-state index contributed by atoms with van der Waals surface area (Å²) in [6.45, 7) is 1.73. The van der Waals surface area contributed by atoms with Crippen molar-refractivity contribution in [3.05, 3.63) is 47.5 Å². The third-order valence-corrected chi connectivity index (χ3v) is 2.74. The molecule has 2 aromatic rings. The smallest absolute Gasteiger partial charge is 0.275 e. The van der Waals surface area contributed by atoms with Crippen molar-refractivity contribution in [1.29, 1.82) is 0 Å². The highest BCUT2D eigenvalue weighted by Crippen LogP contribution is 2.15. The summed E-state index contributed by atoms with van der Waals surface area (Å²) in [5, 5.41) is 11.5. The first-order valence-corrected chi connectivity index (χ1v) is 6.10. The summed E-state index contributed by atoms with van der Waals surface area (Å²) >= 11 is 0. The van der Waals surface area contributed by atoms with Gasteiger partial charge in [-0.25, -0.2) is 4.98 Å². The number of aromatic nitrogens is 2. The molecular weight excluding hydrogens is 254 g/mol. The van der Waals surface area contributed by atoms with E-state index >= 15 is 0 Å². The SMILES string of the molecule is Cc1ccc(NC(=O)c2cn(C)cn2)cc1C#CCO. The van der Waals surface area contributed by atoms with Gasteiger partial charge in [0.05, 0.1) is 6.33 Å². The third kappa shape index (κ3) is 3.25. The minimum atomic E-state index is -0.268. The van der Waals surface area contributed by atoms with Crippen molar-refractivity contribution < 1.29 is 9.90 Å². The zero-order valence-corrected chi connectivity index (χ0v) is 11.3. The number of carbonyl (C=O) groups excluding carboxylic acids is 1. The molecule has 0 radical (unpaired) electrons. The molecule has 2 rings (SSSR count). The number of nitrogens with one attached hydrogen (secondary N) is 1. The van der Waals surface area contributed by atoms with Gasteiger partial charge in [-0.3, -0.25) is 4.79 Å². The van der Waals surface area contributed by atoms with Gasteiger partial charge < -0.3 is 15.0 Å². The quantitative estimate of drug-likeness (QED) is 0.808. The minimum Gasteiger partial charge on any atom is -0.384 e. The molecule has 0 unspecified atom stereocenters. The Balaban J connectivity index is 2.19. The van der Waals surface area contributed by atoms with E-state index in [-0.39, 0.29) is 12.5 Å². The molecule has 0 aliphatic rings. The van der Waals surface area contributed by atoms with E-state index in [0.717, 1.165) is 11.1 Å². The maximum absolute atomic E-state index is 12.0. The van der Waals surface area contributed by atoms with Gasteiger partial charge in [-0.2, -0.15) is 0 Å². The predicted octanol–water partition coefficient (Wildman–Crippen LogP) is 1.32. The van der Waals surface area contributed by atoms with Gasteiger partial charge in [0, 0.05) is 24.5 Å². The van der Waals surface area contributed by atoms with E-state index < -0.39 is 0 Å². The number of imidazole rings is 1. The maximum Gasteiger partial charge on any atom is 0.275 e. The molecule has 0 bridgehead atoms. The average Bonchev–Trinajstić information content (AvgIpc) is 2.86. The van der Waals surface area contributed by atoms with Gasteiger partial charge in [0.25, 0.3) is 5.91 Å². The lowest BCUT2D eigenvalue weighted by Gasteiger charge is -2.05. The molecule has 20 heavy (non-hydrogen) atoms. The highest BCUT2D eigenvalue weighted by molar-refractivity contribution is 6.02. The van der Waals surface area contributed by atoms with Gasteiger partial charge in [0.1, 0.15) is 12.3 Å². The van der Waals surface area contributed by atoms with Crippen molar-refractivity contribution in [2.45, 2.75) is 6.92 Å². The predicted molar refractivity (Wildman–Crippen MR) is 76.3 cm³/mol. The Kier molecular flexibility index (Phi) is 4.18. The Bertz CT molecular complexity index is 693. The summed E-state index contributed by atoms with van der Waals surface area (Å²) in [5.74, 6) is 5.18. The Hall–Kier alpha value is -2.58. The molecule has 0 fully saturated rings. The molecular formula is C15H15N3O2. The minimum absolute atomic E-state index is 0.191. The molecule has 0 spiro atoms. The number of aliphatic hydroxyl groups excluding tert-OH is 1. The number of hydrogen-bond donors (Lipinski definition) is 2. The van der Waals surface area contributed by atoms with Gasteiger partial charge >= 0.3 is 0 Å². The van der Waals surface area contributed by atoms with Crippen LogP contribution in [0.15, 0.2) is 30.7 Å². The van der Waals surface area contributed by atoms with Crippen LogP contribution in [-0.2, 0) is 7.05 Å². The van der Waals surface area contributed by atoms with Gasteiger partial charge in [-0.1, -0.05) is 17.9 Å². The normalized spacial score (nSPS) is 9.75. The second-order valence-corrected chi connectivity index (χ2v) is 4.37. The summed E-state index contributed by atoms with van der Waals surface area (Å²) in [4.78, 5) is 16.0. The molecule has 102 valence electrons. The maximum atomic E-state index is 12.0. The van der Waals surface area contributed by atoms with E-state index in [2.05, 4.69) is 22.1 Å². The second-order valence-electron chi connectivity index (χ2n) is 4.37. The lowest BCUT2D eigenvalue weighted by atomic mass is 10.1. The fourth-order valence-corrected chi connectivity index (χ4v) is 1.69. The van der Waals surface area contributed by atoms with E-state index in [4.69, 9.17) is 5.11 Å². The van der Waals surface area contributed by atoms with Gasteiger partial charge in [-0.05, 0) is 24.6 Å². The van der Waals surface area contributed by atoms with Crippen LogP contribution in [0.5, 0.6) is 0 Å². The number of benzene rings is 1. The molecule has 5 nitrogen and oxygen atoms in total. The monoisotopic (exact) mass is 269 g/mol. The summed E-state index contributed by atoms with van der Waals surface area (Å²) < 4.78 is 1.71. The first-order chi connectivity index (χ1) is 9.60. The molecule has 1 aromatic carbocycles. The summed E-state index contributed by atoms with van der Waals surface area (Å²) in [6, 6.07) is 5.45. The van der Waals surface area contributed by atoms with Crippen LogP contribution >= 0.6 is 0 Å². The highest BCUT2D eigenvalue weighted by atomic mass is 16.2. The van der Waals surface area contributed by atoms with Crippen LogP contribution in [0.25, 0.3) is 0 Å². The number of amides is 1. The van der Waals surface area contributed by atoms with Gasteiger partial charge in [0.15, 0.2) is 0 Å². The zero-order chi connectivity index (χ0) is 14.5. The Morgan fingerprint density at radius 1 is 1.50 bits per heavy atom. The largest absolute Gasteiger partial charge is 0.384 e. The van der Waals surface area contributed by atoms with Crippen molar-refractivity contribution in [2.75, 3.05) is 11.9 Å². The molecule has 2 N–H and O–H groups in total. The van der Waals surface area contributed by atoms with E-state index in [9.17, 15) is 4.79 Å². The topological polar surface area (TPSA) is 67.2 Å². The van der Waals surface area contributed by atoms with E-state index in [1.165, 1.54) is 0 Å². The fourth-order valence-electron chi connectivity index (χ4n) is 1.69. The number of aryl methyl sites for hydroxylation is 2. The molecule has 0 saturated heterocycles. The number of aliphatic hydroxyl groups is 1. The second kappa shape index (κ2) is 6.04. The van der Waals surface area contributed by atoms with Crippen LogP contribution in [0.3, 0.4) is 0 Å². The first kappa shape index (κ1) is 13.8. The zero-order valence-electron chi connectivity index (χ0n) is 11.3. The molecule has 5 heteroatoms. The average molecular weight is 269 g/mol. The summed E-state index contributed by atoms with van der Waals surface area (Å²) in [7, 11) is 1.80. The Morgan fingerprint density at radius 3 is 2.95 bits per heavy atom. The fraction of sp³-hybridized carbons (Fsp3) is 0.200. The molecule has 0 atom stereocenters. The van der Waals surface area contributed by atoms with E-state index in [0.29, 0.717) is 11.4 Å². The first-order valence-electron chi connectivity index (χ1n) is 6.10. The van der Waals surface area contributed by atoms with Crippen LogP contribution in [0.1, 0.15) is 21.6 Å². The Labute approximate surface area is 117 Å². The van der Waals surface area contributed by atoms with Gasteiger partial charge in [-0.15, -0.1) is 0 Å². The number of rotatable bonds is 2. The molecule has 0 saturated carbocycles. The van der Waals surface area contributed by atoms with E-state index in [1.807, 2.05) is 13.0 Å². The molecule has 1 heterocycles. The number of carbonyl (C=O) groups is 1. The van der Waals surface area contributed by atoms with Crippen molar-refractivity contribution in [1.82, 2.24) is 9.55 Å². The molecule has 0 aliphatic carbocycles. The number of anilines is 1. The summed E-state index contributed by atoms with van der Waals surface area (Å²) in [6.07, 6.45) is 3.22. The lowest BCUT2D eigenvalue weighted by Crippen LogP contribution is -2.12. The standard InChI is InChI=1S/C15H15N3O2/c1-11-5-6-13(8-12(11)4-3-7-19)17-15(20)14-9-18(2)10-16-14/h5-6,8-10,19H,7H2,1-2H3,(H,17,20). The molecule has 1 amide bonds. The van der Waals surface area contributed by atoms with Crippen LogP contribution in [-0.4, -0.2) is 27.2 Å². The molecule has 1 aromatic heterocycles. The van der Waals surface area contributed by atoms with Gasteiger partial charge in [0.2, 0.25) is 0 Å². The Morgan fingerprint density at radius 2 is 2.30 bits per heavy atom. The van der Waals surface area contributed by atoms with Crippen LogP contribution in [0.2, 0.25) is 0 Å². The van der Waals surface area contributed by atoms with Crippen molar-refractivity contribution in [3.63, 3.8) is 0 Å². The third-order valence-electron chi connectivity index (χ3n) is 2.74. The summed E-state index contributed by atoms with van der Waals surface area (Å²) in [5.41, 5.74) is 2.77. The highest BCUT2D eigenvalue weighted by Gasteiger charge is 2.09. The van der Waals surface area contributed by atoms with Crippen LogP contribution in [0.4, 0.5) is 5.69 Å². The van der Waals surface area contributed by atoms with E-state index in [1.54, 1.807) is 36.3 Å². The van der Waals surface area contributed by atoms with Crippen molar-refractivity contribution >= 4 is 11.6 Å². The van der Waals surface area contributed by atoms with Crippen LogP contribution < -0.4 is 5.32 Å². The number of nitrogens with zero attached hydrogens (tertiary/aromatic N) is 2. The number of hydrogen-bond acceptors (Lipinski definition) is 3.